The molecule has 0 amide bonds. The molecule has 0 N–H and O–H groups in total. The second kappa shape index (κ2) is 11.3. The molecular weight excluding hydrogens is 514 g/mol. The van der Waals surface area contributed by atoms with E-state index in [1.54, 1.807) is 28.9 Å². The number of sulfonamides is 1. The number of benzene rings is 2. The minimum Gasteiger partial charge on any atom is -0.492 e. The molecule has 3 heterocycles. The van der Waals surface area contributed by atoms with Gasteiger partial charge < -0.3 is 18.8 Å². The van der Waals surface area contributed by atoms with Gasteiger partial charge in [0.05, 0.1) is 37.1 Å². The van der Waals surface area contributed by atoms with E-state index in [1.165, 1.54) is 4.31 Å². The largest absolute Gasteiger partial charge is 0.492 e. The smallest absolute Gasteiger partial charge is 0.288 e. The zero-order valence-electron chi connectivity index (χ0n) is 20.8. The topological polar surface area (TPSA) is 93.3 Å². The van der Waals surface area contributed by atoms with E-state index in [1.807, 2.05) is 25.1 Å². The van der Waals surface area contributed by atoms with Crippen LogP contribution in [0.4, 0.5) is 5.69 Å². The lowest BCUT2D eigenvalue weighted by Crippen LogP contribution is -2.47. The molecule has 0 bridgehead atoms. The number of hydrogen-bond acceptors (Lipinski definition) is 9. The van der Waals surface area contributed by atoms with Gasteiger partial charge in [-0.2, -0.15) is 4.31 Å². The van der Waals surface area contributed by atoms with Crippen molar-refractivity contribution in [2.75, 3.05) is 64.0 Å². The van der Waals surface area contributed by atoms with Gasteiger partial charge in [-0.15, -0.1) is 5.10 Å². The summed E-state index contributed by atoms with van der Waals surface area (Å²) in [5.74, 6) is 1.20. The van der Waals surface area contributed by atoms with Crippen molar-refractivity contribution in [3.8, 4) is 17.2 Å². The highest BCUT2D eigenvalue weighted by atomic mass is 32.2. The standard InChI is InChI=1S/C25H31N5O5S2/c1-2-34-23-9-4-3-8-22(23)28-12-10-27(11-13-28)19-30-25(36)35-24(26-30)20-6-5-7-21(18-20)37(31,32)29-14-16-33-17-15-29/h3-9,18H,2,10-17,19H2,1H3. The third-order valence-corrected chi connectivity index (χ3v) is 8.70. The van der Waals surface area contributed by atoms with Crippen LogP contribution in [0.15, 0.2) is 57.8 Å². The quantitative estimate of drug-likeness (QED) is 0.396. The van der Waals surface area contributed by atoms with Crippen molar-refractivity contribution in [1.82, 2.24) is 19.0 Å². The van der Waals surface area contributed by atoms with Gasteiger partial charge in [0.15, 0.2) is 0 Å². The predicted molar refractivity (Wildman–Crippen MR) is 142 cm³/mol. The lowest BCUT2D eigenvalue weighted by molar-refractivity contribution is 0.0730. The number of morpholine rings is 1. The van der Waals surface area contributed by atoms with Crippen molar-refractivity contribution < 1.29 is 22.3 Å². The summed E-state index contributed by atoms with van der Waals surface area (Å²) in [4.78, 5) is 5.04. The Bertz CT molecular complexity index is 1380. The molecule has 5 rings (SSSR count). The molecule has 0 saturated carbocycles. The van der Waals surface area contributed by atoms with Gasteiger partial charge in [0, 0.05) is 44.8 Å². The number of piperazine rings is 1. The average molecular weight is 546 g/mol. The van der Waals surface area contributed by atoms with Gasteiger partial charge in [-0.05, 0) is 49.5 Å². The van der Waals surface area contributed by atoms with E-state index < -0.39 is 10.0 Å². The van der Waals surface area contributed by atoms with Gasteiger partial charge in [0.1, 0.15) is 5.75 Å². The van der Waals surface area contributed by atoms with Crippen molar-refractivity contribution in [2.45, 2.75) is 18.5 Å². The number of aromatic nitrogens is 2. The first kappa shape index (κ1) is 25.9. The summed E-state index contributed by atoms with van der Waals surface area (Å²) in [6.45, 7) is 7.95. The first-order chi connectivity index (χ1) is 18.0. The van der Waals surface area contributed by atoms with E-state index in [9.17, 15) is 8.42 Å². The Balaban J connectivity index is 1.26. The van der Waals surface area contributed by atoms with Crippen molar-refractivity contribution in [1.29, 1.82) is 0 Å². The Hall–Kier alpha value is -2.77. The van der Waals surface area contributed by atoms with Crippen LogP contribution in [0.5, 0.6) is 5.75 Å². The molecule has 2 aliphatic heterocycles. The summed E-state index contributed by atoms with van der Waals surface area (Å²) in [7, 11) is -3.62. The molecule has 12 heteroatoms. The second-order valence-corrected chi connectivity index (χ2v) is 11.2. The van der Waals surface area contributed by atoms with Gasteiger partial charge in [0.25, 0.3) is 4.84 Å². The molecule has 37 heavy (non-hydrogen) atoms. The molecule has 2 fully saturated rings. The van der Waals surface area contributed by atoms with Gasteiger partial charge >= 0.3 is 0 Å². The molecule has 2 aromatic carbocycles. The maximum Gasteiger partial charge on any atom is 0.288 e. The molecule has 1 aromatic heterocycles. The lowest BCUT2D eigenvalue weighted by atomic mass is 10.2. The number of nitrogens with zero attached hydrogens (tertiary/aromatic N) is 5. The Morgan fingerprint density at radius 3 is 2.51 bits per heavy atom. The van der Waals surface area contributed by atoms with Crippen LogP contribution in [0, 0.1) is 4.84 Å². The van der Waals surface area contributed by atoms with Crippen molar-refractivity contribution in [2.24, 2.45) is 0 Å². The molecule has 198 valence electrons. The first-order valence-electron chi connectivity index (χ1n) is 12.4. The monoisotopic (exact) mass is 545 g/mol. The van der Waals surface area contributed by atoms with Crippen molar-refractivity contribution >= 4 is 27.9 Å². The van der Waals surface area contributed by atoms with Gasteiger partial charge in [-0.3, -0.25) is 4.90 Å². The third kappa shape index (κ3) is 5.73. The Morgan fingerprint density at radius 1 is 1.00 bits per heavy atom. The minimum atomic E-state index is -3.62. The summed E-state index contributed by atoms with van der Waals surface area (Å²) >= 11 is 5.44. The molecule has 0 unspecified atom stereocenters. The van der Waals surface area contributed by atoms with Gasteiger partial charge in [0.2, 0.25) is 15.9 Å². The molecule has 0 aliphatic carbocycles. The van der Waals surface area contributed by atoms with E-state index in [-0.39, 0.29) is 9.73 Å². The van der Waals surface area contributed by atoms with E-state index in [4.69, 9.17) is 26.1 Å². The van der Waals surface area contributed by atoms with Crippen LogP contribution < -0.4 is 9.64 Å². The zero-order chi connectivity index (χ0) is 25.8. The number of hydrogen-bond donors (Lipinski definition) is 0. The van der Waals surface area contributed by atoms with Gasteiger partial charge in [-0.1, -0.05) is 18.2 Å². The summed E-state index contributed by atoms with van der Waals surface area (Å²) in [5, 5.41) is 4.57. The molecule has 3 aromatic rings. The molecule has 2 aliphatic rings. The lowest BCUT2D eigenvalue weighted by Gasteiger charge is -2.36. The normalized spacial score (nSPS) is 17.7. The molecule has 0 spiro atoms. The average Bonchev–Trinajstić information content (AvgIpc) is 3.30. The maximum atomic E-state index is 13.1. The minimum absolute atomic E-state index is 0.200. The van der Waals surface area contributed by atoms with Crippen LogP contribution >= 0.6 is 12.2 Å². The zero-order valence-corrected chi connectivity index (χ0v) is 22.4. The van der Waals surface area contributed by atoms with Crippen LogP contribution in [-0.2, 0) is 21.4 Å². The van der Waals surface area contributed by atoms with Crippen molar-refractivity contribution in [3.05, 3.63) is 53.4 Å². The number of ether oxygens (including phenoxy) is 2. The van der Waals surface area contributed by atoms with E-state index in [0.717, 1.165) is 37.6 Å². The van der Waals surface area contributed by atoms with Gasteiger partial charge in [-0.25, -0.2) is 13.1 Å². The van der Waals surface area contributed by atoms with E-state index in [0.29, 0.717) is 51.0 Å². The molecule has 10 nitrogen and oxygen atoms in total. The summed E-state index contributed by atoms with van der Waals surface area (Å²) in [6.07, 6.45) is 0. The van der Waals surface area contributed by atoms with E-state index >= 15 is 0 Å². The predicted octanol–water partition coefficient (Wildman–Crippen LogP) is 3.07. The number of rotatable bonds is 8. The fraction of sp³-hybridized carbons (Fsp3) is 0.440. The molecular formula is C25H31N5O5S2. The highest BCUT2D eigenvalue weighted by Gasteiger charge is 2.27. The van der Waals surface area contributed by atoms with Crippen LogP contribution in [-0.4, -0.2) is 86.5 Å². The summed E-state index contributed by atoms with van der Waals surface area (Å²) in [5.41, 5.74) is 1.67. The first-order valence-corrected chi connectivity index (χ1v) is 14.3. The molecule has 2 saturated heterocycles. The number of anilines is 1. The summed E-state index contributed by atoms with van der Waals surface area (Å²) in [6, 6.07) is 14.8. The Labute approximate surface area is 222 Å². The van der Waals surface area contributed by atoms with Crippen LogP contribution in [0.2, 0.25) is 0 Å². The Kier molecular flexibility index (Phi) is 7.91. The number of para-hydroxylation sites is 2. The fourth-order valence-corrected chi connectivity index (χ4v) is 6.19. The summed E-state index contributed by atoms with van der Waals surface area (Å²) < 4.78 is 46.1. The highest BCUT2D eigenvalue weighted by molar-refractivity contribution is 7.89. The fourth-order valence-electron chi connectivity index (χ4n) is 4.55. The van der Waals surface area contributed by atoms with Crippen LogP contribution in [0.1, 0.15) is 6.92 Å². The third-order valence-electron chi connectivity index (χ3n) is 6.51. The van der Waals surface area contributed by atoms with Crippen molar-refractivity contribution in [3.63, 3.8) is 0 Å². The highest BCUT2D eigenvalue weighted by Crippen LogP contribution is 2.29. The molecule has 0 radical (unpaired) electrons. The molecule has 0 atom stereocenters. The van der Waals surface area contributed by atoms with Crippen LogP contribution in [0.3, 0.4) is 0 Å². The maximum absolute atomic E-state index is 13.1. The van der Waals surface area contributed by atoms with E-state index in [2.05, 4.69) is 21.0 Å². The SMILES string of the molecule is CCOc1ccccc1N1CCN(Cn2nc(-c3cccc(S(=O)(=O)N4CCOCC4)c3)oc2=S)CC1. The Morgan fingerprint density at radius 2 is 1.76 bits per heavy atom. The second-order valence-electron chi connectivity index (χ2n) is 8.86. The van der Waals surface area contributed by atoms with Crippen LogP contribution in [0.25, 0.3) is 11.5 Å².